The first-order valence-corrected chi connectivity index (χ1v) is 3.04. The van der Waals surface area contributed by atoms with Gasteiger partial charge in [0.15, 0.2) is 0 Å². The van der Waals surface area contributed by atoms with Crippen LogP contribution in [0.2, 0.25) is 0 Å². The lowest BCUT2D eigenvalue weighted by molar-refractivity contribution is -0.138. The SMILES string of the molecule is N[C@@H](CCCNO)C(=O)O. The van der Waals surface area contributed by atoms with Gasteiger partial charge in [0, 0.05) is 6.54 Å². The van der Waals surface area contributed by atoms with Gasteiger partial charge in [0.2, 0.25) is 0 Å². The van der Waals surface area contributed by atoms with Crippen molar-refractivity contribution in [2.75, 3.05) is 6.54 Å². The highest BCUT2D eigenvalue weighted by Crippen LogP contribution is 1.91. The summed E-state index contributed by atoms with van der Waals surface area (Å²) in [5.74, 6) is -1.00. The summed E-state index contributed by atoms with van der Waals surface area (Å²) in [5.41, 5.74) is 7.06. The van der Waals surface area contributed by atoms with Crippen LogP contribution in [0.5, 0.6) is 0 Å². The number of nitrogens with two attached hydrogens (primary N) is 1. The van der Waals surface area contributed by atoms with Crippen molar-refractivity contribution in [3.63, 3.8) is 0 Å². The fourth-order valence-electron chi connectivity index (χ4n) is 0.525. The van der Waals surface area contributed by atoms with Gasteiger partial charge < -0.3 is 16.0 Å². The van der Waals surface area contributed by atoms with Crippen LogP contribution in [0.3, 0.4) is 0 Å². The van der Waals surface area contributed by atoms with E-state index in [1.165, 1.54) is 0 Å². The van der Waals surface area contributed by atoms with Gasteiger partial charge in [-0.15, -0.1) is 0 Å². The highest BCUT2D eigenvalue weighted by atomic mass is 16.5. The number of hydroxylamine groups is 1. The number of carboxylic acid groups (broad SMARTS) is 1. The van der Waals surface area contributed by atoms with Gasteiger partial charge in [0.05, 0.1) is 0 Å². The van der Waals surface area contributed by atoms with E-state index in [-0.39, 0.29) is 0 Å². The monoisotopic (exact) mass is 148 g/mol. The fourth-order valence-corrected chi connectivity index (χ4v) is 0.525. The molecule has 0 unspecified atom stereocenters. The Balaban J connectivity index is 3.21. The first-order chi connectivity index (χ1) is 4.68. The first kappa shape index (κ1) is 9.35. The van der Waals surface area contributed by atoms with E-state index in [2.05, 4.69) is 0 Å². The molecule has 0 saturated carbocycles. The maximum Gasteiger partial charge on any atom is 0.320 e. The molecule has 10 heavy (non-hydrogen) atoms. The lowest BCUT2D eigenvalue weighted by Gasteiger charge is -2.03. The average molecular weight is 148 g/mol. The molecule has 5 nitrogen and oxygen atoms in total. The Hall–Kier alpha value is -0.650. The van der Waals surface area contributed by atoms with E-state index in [0.717, 1.165) is 0 Å². The van der Waals surface area contributed by atoms with E-state index in [1.54, 1.807) is 0 Å². The smallest absolute Gasteiger partial charge is 0.320 e. The van der Waals surface area contributed by atoms with Crippen LogP contribution in [0, 0.1) is 0 Å². The van der Waals surface area contributed by atoms with Gasteiger partial charge in [-0.2, -0.15) is 0 Å². The van der Waals surface area contributed by atoms with E-state index < -0.39 is 12.0 Å². The molecule has 0 spiro atoms. The molecule has 0 saturated heterocycles. The molecular weight excluding hydrogens is 136 g/mol. The summed E-state index contributed by atoms with van der Waals surface area (Å²) in [6.07, 6.45) is 0.937. The van der Waals surface area contributed by atoms with Crippen LogP contribution in [-0.4, -0.2) is 28.9 Å². The number of nitrogens with one attached hydrogen (secondary N) is 1. The largest absolute Gasteiger partial charge is 0.480 e. The van der Waals surface area contributed by atoms with E-state index in [1.807, 2.05) is 5.48 Å². The standard InChI is InChI=1S/C5H12N2O3/c6-4(5(8)9)2-1-3-7-10/h4,7,10H,1-3,6H2,(H,8,9)/t4-/m0/s1. The van der Waals surface area contributed by atoms with Crippen LogP contribution in [0.1, 0.15) is 12.8 Å². The summed E-state index contributed by atoms with van der Waals surface area (Å²) in [7, 11) is 0. The van der Waals surface area contributed by atoms with E-state index in [9.17, 15) is 4.79 Å². The van der Waals surface area contributed by atoms with Crippen molar-refractivity contribution < 1.29 is 15.1 Å². The van der Waals surface area contributed by atoms with Crippen molar-refractivity contribution in [3.8, 4) is 0 Å². The Bertz CT molecular complexity index is 107. The molecule has 0 fully saturated rings. The third-order valence-electron chi connectivity index (χ3n) is 1.12. The number of hydrogen-bond donors (Lipinski definition) is 4. The second-order valence-corrected chi connectivity index (χ2v) is 2.00. The normalized spacial score (nSPS) is 13.0. The number of carboxylic acids is 1. The number of hydrogen-bond acceptors (Lipinski definition) is 4. The maximum absolute atomic E-state index is 10.1. The minimum absolute atomic E-state index is 0.376. The zero-order valence-electron chi connectivity index (χ0n) is 5.58. The number of aliphatic carboxylic acids is 1. The Morgan fingerprint density at radius 1 is 1.70 bits per heavy atom. The topological polar surface area (TPSA) is 95.6 Å². The first-order valence-electron chi connectivity index (χ1n) is 3.04. The predicted molar refractivity (Wildman–Crippen MR) is 34.6 cm³/mol. The van der Waals surface area contributed by atoms with Crippen LogP contribution in [0.4, 0.5) is 0 Å². The second kappa shape index (κ2) is 5.16. The number of rotatable bonds is 5. The summed E-state index contributed by atoms with van der Waals surface area (Å²) < 4.78 is 0. The lowest BCUT2D eigenvalue weighted by atomic mass is 10.2. The summed E-state index contributed by atoms with van der Waals surface area (Å²) in [5, 5.41) is 16.4. The minimum Gasteiger partial charge on any atom is -0.480 e. The van der Waals surface area contributed by atoms with Gasteiger partial charge in [-0.1, -0.05) is 0 Å². The number of carbonyl (C=O) groups is 1. The minimum atomic E-state index is -1.00. The molecule has 0 heterocycles. The molecular formula is C5H12N2O3. The summed E-state index contributed by atoms with van der Waals surface area (Å²) in [6.45, 7) is 0.376. The van der Waals surface area contributed by atoms with Gasteiger partial charge >= 0.3 is 5.97 Å². The van der Waals surface area contributed by atoms with Gasteiger partial charge in [0.25, 0.3) is 0 Å². The summed E-state index contributed by atoms with van der Waals surface area (Å²) in [6, 6.07) is -0.812. The summed E-state index contributed by atoms with van der Waals surface area (Å²) in [4.78, 5) is 10.1. The zero-order chi connectivity index (χ0) is 7.98. The summed E-state index contributed by atoms with van der Waals surface area (Å²) >= 11 is 0. The van der Waals surface area contributed by atoms with Crippen LogP contribution >= 0.6 is 0 Å². The van der Waals surface area contributed by atoms with Crippen molar-refractivity contribution in [2.24, 2.45) is 5.73 Å². The molecule has 0 rings (SSSR count). The molecule has 0 aromatic rings. The van der Waals surface area contributed by atoms with E-state index in [0.29, 0.717) is 19.4 Å². The Morgan fingerprint density at radius 2 is 2.30 bits per heavy atom. The maximum atomic E-state index is 10.1. The fraction of sp³-hybridized carbons (Fsp3) is 0.800. The molecule has 5 heteroatoms. The van der Waals surface area contributed by atoms with Crippen molar-refractivity contribution in [1.29, 1.82) is 0 Å². The lowest BCUT2D eigenvalue weighted by Crippen LogP contribution is -2.30. The molecule has 0 aromatic heterocycles. The predicted octanol–water partition coefficient (Wildman–Crippen LogP) is -0.843. The van der Waals surface area contributed by atoms with Gasteiger partial charge in [-0.25, -0.2) is 5.48 Å². The molecule has 0 aliphatic heterocycles. The molecule has 0 aromatic carbocycles. The molecule has 60 valence electrons. The highest BCUT2D eigenvalue weighted by Gasteiger charge is 2.09. The quantitative estimate of drug-likeness (QED) is 0.301. The molecule has 0 bridgehead atoms. The third-order valence-corrected chi connectivity index (χ3v) is 1.12. The van der Waals surface area contributed by atoms with Crippen molar-refractivity contribution >= 4 is 5.97 Å². The van der Waals surface area contributed by atoms with Crippen molar-refractivity contribution in [1.82, 2.24) is 5.48 Å². The van der Waals surface area contributed by atoms with Crippen LogP contribution < -0.4 is 11.2 Å². The molecule has 0 aliphatic rings. The second-order valence-electron chi connectivity index (χ2n) is 2.00. The van der Waals surface area contributed by atoms with Crippen LogP contribution in [0.15, 0.2) is 0 Å². The van der Waals surface area contributed by atoms with Crippen LogP contribution in [-0.2, 0) is 4.79 Å². The Morgan fingerprint density at radius 3 is 2.70 bits per heavy atom. The Labute approximate surface area is 58.8 Å². The van der Waals surface area contributed by atoms with Gasteiger partial charge in [-0.3, -0.25) is 4.79 Å². The molecule has 0 aliphatic carbocycles. The Kier molecular flexibility index (Phi) is 4.82. The van der Waals surface area contributed by atoms with E-state index >= 15 is 0 Å². The van der Waals surface area contributed by atoms with Gasteiger partial charge in [0.1, 0.15) is 6.04 Å². The average Bonchev–Trinajstić information content (AvgIpc) is 1.88. The van der Waals surface area contributed by atoms with Crippen LogP contribution in [0.25, 0.3) is 0 Å². The zero-order valence-corrected chi connectivity index (χ0v) is 5.58. The molecule has 5 N–H and O–H groups in total. The molecule has 0 amide bonds. The molecule has 1 atom stereocenters. The highest BCUT2D eigenvalue weighted by molar-refractivity contribution is 5.72. The third kappa shape index (κ3) is 4.25. The van der Waals surface area contributed by atoms with Crippen molar-refractivity contribution in [2.45, 2.75) is 18.9 Å². The molecule has 0 radical (unpaired) electrons. The van der Waals surface area contributed by atoms with Crippen molar-refractivity contribution in [3.05, 3.63) is 0 Å². The van der Waals surface area contributed by atoms with E-state index in [4.69, 9.17) is 16.0 Å². The van der Waals surface area contributed by atoms with Gasteiger partial charge in [-0.05, 0) is 12.8 Å².